The van der Waals surface area contributed by atoms with E-state index in [1.165, 1.54) is 0 Å². The summed E-state index contributed by atoms with van der Waals surface area (Å²) in [6, 6.07) is 16.2. The number of aliphatic carboxylic acids is 1. The van der Waals surface area contributed by atoms with Crippen LogP contribution in [0.2, 0.25) is 0 Å². The van der Waals surface area contributed by atoms with Crippen LogP contribution in [0.3, 0.4) is 0 Å². The van der Waals surface area contributed by atoms with E-state index in [2.05, 4.69) is 9.62 Å². The number of sulfonamides is 1. The van der Waals surface area contributed by atoms with E-state index < -0.39 is 16.0 Å². The van der Waals surface area contributed by atoms with Crippen molar-refractivity contribution in [3.05, 3.63) is 60.2 Å². The number of nitrogens with zero attached hydrogens (tertiary/aromatic N) is 1. The van der Waals surface area contributed by atoms with E-state index in [9.17, 15) is 13.2 Å². The van der Waals surface area contributed by atoms with Gasteiger partial charge in [-0.05, 0) is 30.2 Å². The summed E-state index contributed by atoms with van der Waals surface area (Å²) >= 11 is 0. The molecule has 138 valence electrons. The first kappa shape index (κ1) is 18.4. The van der Waals surface area contributed by atoms with Crippen LogP contribution in [0.25, 0.3) is 0 Å². The molecule has 0 aromatic heterocycles. The van der Waals surface area contributed by atoms with Crippen LogP contribution in [0, 0.1) is 0 Å². The first-order valence-corrected chi connectivity index (χ1v) is 10.1. The van der Waals surface area contributed by atoms with Gasteiger partial charge in [-0.1, -0.05) is 36.4 Å². The van der Waals surface area contributed by atoms with Gasteiger partial charge in [-0.15, -0.1) is 0 Å². The van der Waals surface area contributed by atoms with Crippen molar-refractivity contribution in [2.45, 2.75) is 23.7 Å². The van der Waals surface area contributed by atoms with Crippen LogP contribution in [-0.2, 0) is 14.8 Å². The van der Waals surface area contributed by atoms with Gasteiger partial charge in [0.1, 0.15) is 0 Å². The Hall–Kier alpha value is -2.38. The quantitative estimate of drug-likeness (QED) is 0.741. The number of anilines is 1. The number of hydrogen-bond donors (Lipinski definition) is 2. The maximum atomic E-state index is 12.3. The molecule has 1 aliphatic rings. The number of nitrogens with one attached hydrogen (secondary N) is 1. The zero-order chi connectivity index (χ0) is 18.6. The van der Waals surface area contributed by atoms with Crippen LogP contribution in [0.15, 0.2) is 59.5 Å². The van der Waals surface area contributed by atoms with Gasteiger partial charge in [-0.2, -0.15) is 0 Å². The topological polar surface area (TPSA) is 86.7 Å². The molecule has 0 radical (unpaired) electrons. The molecule has 26 heavy (non-hydrogen) atoms. The second kappa shape index (κ2) is 7.88. The number of carbonyl (C=O) groups is 1. The number of carboxylic acid groups (broad SMARTS) is 1. The summed E-state index contributed by atoms with van der Waals surface area (Å²) < 4.78 is 27.3. The van der Waals surface area contributed by atoms with Gasteiger partial charge in [-0.25, -0.2) is 13.1 Å². The minimum Gasteiger partial charge on any atom is -0.481 e. The molecule has 1 atom stereocenters. The number of fused-ring (bicyclic) bond motifs is 1. The molecular formula is C19H22N2O4S. The van der Waals surface area contributed by atoms with E-state index >= 15 is 0 Å². The fourth-order valence-electron chi connectivity index (χ4n) is 3.32. The largest absolute Gasteiger partial charge is 0.481 e. The summed E-state index contributed by atoms with van der Waals surface area (Å²) in [5.74, 6) is -0.639. The minimum atomic E-state index is -3.51. The standard InChI is InChI=1S/C19H22N2O4S/c22-19(23)11-13-21-14-15(17-8-4-5-9-18(17)21)10-12-20-26(24,25)16-6-2-1-3-7-16/h1-9,15,20H,10-14H2,(H,22,23). The predicted octanol–water partition coefficient (Wildman–Crippen LogP) is 2.43. The molecular weight excluding hydrogens is 352 g/mol. The molecule has 0 saturated heterocycles. The molecule has 1 unspecified atom stereocenters. The first-order valence-electron chi connectivity index (χ1n) is 8.58. The highest BCUT2D eigenvalue weighted by atomic mass is 32.2. The average molecular weight is 374 g/mol. The lowest BCUT2D eigenvalue weighted by Crippen LogP contribution is -2.28. The second-order valence-electron chi connectivity index (χ2n) is 6.34. The van der Waals surface area contributed by atoms with Gasteiger partial charge in [0.15, 0.2) is 0 Å². The molecule has 0 spiro atoms. The van der Waals surface area contributed by atoms with Crippen LogP contribution in [-0.4, -0.2) is 39.1 Å². The lowest BCUT2D eigenvalue weighted by Gasteiger charge is -2.18. The van der Waals surface area contributed by atoms with Crippen molar-refractivity contribution >= 4 is 21.7 Å². The molecule has 3 rings (SSSR count). The van der Waals surface area contributed by atoms with Crippen LogP contribution in [0.4, 0.5) is 5.69 Å². The number of hydrogen-bond acceptors (Lipinski definition) is 4. The summed E-state index contributed by atoms with van der Waals surface area (Å²) in [4.78, 5) is 13.2. The molecule has 0 fully saturated rings. The van der Waals surface area contributed by atoms with Gasteiger partial charge in [0, 0.05) is 31.2 Å². The van der Waals surface area contributed by atoms with Crippen molar-refractivity contribution in [2.24, 2.45) is 0 Å². The molecule has 7 heteroatoms. The lowest BCUT2D eigenvalue weighted by atomic mass is 9.98. The Morgan fingerprint density at radius 1 is 1.12 bits per heavy atom. The van der Waals surface area contributed by atoms with Crippen LogP contribution in [0.1, 0.15) is 24.3 Å². The summed E-state index contributed by atoms with van der Waals surface area (Å²) in [6.45, 7) is 1.50. The third-order valence-electron chi connectivity index (χ3n) is 4.59. The average Bonchev–Trinajstić information content (AvgIpc) is 2.99. The Kier molecular flexibility index (Phi) is 5.58. The van der Waals surface area contributed by atoms with Crippen LogP contribution >= 0.6 is 0 Å². The van der Waals surface area contributed by atoms with Gasteiger partial charge in [0.05, 0.1) is 11.3 Å². The smallest absolute Gasteiger partial charge is 0.305 e. The van der Waals surface area contributed by atoms with Crippen molar-refractivity contribution < 1.29 is 18.3 Å². The van der Waals surface area contributed by atoms with Gasteiger partial charge in [-0.3, -0.25) is 4.79 Å². The molecule has 0 bridgehead atoms. The Morgan fingerprint density at radius 3 is 2.54 bits per heavy atom. The SMILES string of the molecule is O=C(O)CCN1CC(CCNS(=O)(=O)c2ccccc2)c2ccccc21. The monoisotopic (exact) mass is 374 g/mol. The number of para-hydroxylation sites is 1. The maximum absolute atomic E-state index is 12.3. The maximum Gasteiger partial charge on any atom is 0.305 e. The Morgan fingerprint density at radius 2 is 1.81 bits per heavy atom. The van der Waals surface area contributed by atoms with Crippen molar-refractivity contribution in [3.63, 3.8) is 0 Å². The molecule has 2 aromatic rings. The number of benzene rings is 2. The van der Waals surface area contributed by atoms with E-state index in [0.29, 0.717) is 26.1 Å². The van der Waals surface area contributed by atoms with E-state index in [4.69, 9.17) is 5.11 Å². The summed E-state index contributed by atoms with van der Waals surface area (Å²) in [7, 11) is -3.51. The van der Waals surface area contributed by atoms with Gasteiger partial charge in [0.2, 0.25) is 10.0 Å². The first-order chi connectivity index (χ1) is 12.5. The molecule has 1 heterocycles. The second-order valence-corrected chi connectivity index (χ2v) is 8.11. The fraction of sp³-hybridized carbons (Fsp3) is 0.316. The Balaban J connectivity index is 1.63. The normalized spacial score (nSPS) is 16.5. The molecule has 6 nitrogen and oxygen atoms in total. The summed E-state index contributed by atoms with van der Waals surface area (Å²) in [5.41, 5.74) is 2.20. The fourth-order valence-corrected chi connectivity index (χ4v) is 4.39. The van der Waals surface area contributed by atoms with Crippen molar-refractivity contribution in [1.29, 1.82) is 0 Å². The molecule has 2 aromatic carbocycles. The predicted molar refractivity (Wildman–Crippen MR) is 99.9 cm³/mol. The van der Waals surface area contributed by atoms with Gasteiger partial charge < -0.3 is 10.0 Å². The third-order valence-corrected chi connectivity index (χ3v) is 6.07. The number of carboxylic acids is 1. The Bertz CT molecular complexity index is 868. The lowest BCUT2D eigenvalue weighted by molar-refractivity contribution is -0.136. The molecule has 0 amide bonds. The van der Waals surface area contributed by atoms with E-state index in [0.717, 1.165) is 11.3 Å². The van der Waals surface area contributed by atoms with Crippen LogP contribution in [0.5, 0.6) is 0 Å². The van der Waals surface area contributed by atoms with Crippen molar-refractivity contribution in [1.82, 2.24) is 4.72 Å². The van der Waals surface area contributed by atoms with Crippen molar-refractivity contribution in [2.75, 3.05) is 24.5 Å². The van der Waals surface area contributed by atoms with Gasteiger partial charge >= 0.3 is 5.97 Å². The van der Waals surface area contributed by atoms with E-state index in [1.54, 1.807) is 30.3 Å². The Labute approximate surface area is 153 Å². The zero-order valence-electron chi connectivity index (χ0n) is 14.3. The highest BCUT2D eigenvalue weighted by Gasteiger charge is 2.28. The van der Waals surface area contributed by atoms with E-state index in [-0.39, 0.29) is 17.2 Å². The summed E-state index contributed by atoms with van der Waals surface area (Å²) in [6.07, 6.45) is 0.744. The molecule has 0 saturated carbocycles. The summed E-state index contributed by atoms with van der Waals surface area (Å²) in [5, 5.41) is 8.92. The number of rotatable bonds is 8. The molecule has 0 aliphatic carbocycles. The van der Waals surface area contributed by atoms with Crippen molar-refractivity contribution in [3.8, 4) is 0 Å². The highest BCUT2D eigenvalue weighted by Crippen LogP contribution is 2.37. The molecule has 2 N–H and O–H groups in total. The highest BCUT2D eigenvalue weighted by molar-refractivity contribution is 7.89. The minimum absolute atomic E-state index is 0.0850. The zero-order valence-corrected chi connectivity index (χ0v) is 15.2. The third kappa shape index (κ3) is 4.23. The van der Waals surface area contributed by atoms with E-state index in [1.807, 2.05) is 24.3 Å². The van der Waals surface area contributed by atoms with Gasteiger partial charge in [0.25, 0.3) is 0 Å². The van der Waals surface area contributed by atoms with Crippen LogP contribution < -0.4 is 9.62 Å². The molecule has 1 aliphatic heterocycles.